The minimum absolute atomic E-state index is 0.0593. The lowest BCUT2D eigenvalue weighted by Gasteiger charge is -2.30. The van der Waals surface area contributed by atoms with E-state index in [2.05, 4.69) is 5.16 Å². The van der Waals surface area contributed by atoms with Crippen molar-refractivity contribution < 1.29 is 23.9 Å². The Bertz CT molecular complexity index is 606. The largest absolute Gasteiger partial charge is 0.465 e. The van der Waals surface area contributed by atoms with Gasteiger partial charge in [0.2, 0.25) is 0 Å². The van der Waals surface area contributed by atoms with E-state index in [1.165, 1.54) is 11.3 Å². The Morgan fingerprint density at radius 2 is 2.04 bits per heavy atom. The fourth-order valence-electron chi connectivity index (χ4n) is 3.42. The van der Waals surface area contributed by atoms with Crippen molar-refractivity contribution in [2.45, 2.75) is 26.2 Å². The number of oxime groups is 1. The summed E-state index contributed by atoms with van der Waals surface area (Å²) in [7, 11) is 0. The minimum Gasteiger partial charge on any atom is -0.465 e. The Kier molecular flexibility index (Phi) is 4.39. The molecule has 0 amide bonds. The third-order valence-corrected chi connectivity index (χ3v) is 5.27. The van der Waals surface area contributed by atoms with E-state index >= 15 is 0 Å². The lowest BCUT2D eigenvalue weighted by Crippen LogP contribution is -2.45. The van der Waals surface area contributed by atoms with E-state index in [0.717, 1.165) is 10.6 Å². The van der Waals surface area contributed by atoms with Gasteiger partial charge in [-0.3, -0.25) is 9.59 Å². The molecule has 0 saturated heterocycles. The Hall–Kier alpha value is -1.89. The van der Waals surface area contributed by atoms with Crippen molar-refractivity contribution >= 4 is 29.0 Å². The first-order chi connectivity index (χ1) is 11.1. The van der Waals surface area contributed by atoms with E-state index in [9.17, 15) is 9.59 Å². The van der Waals surface area contributed by atoms with Crippen molar-refractivity contribution in [2.75, 3.05) is 19.8 Å². The Morgan fingerprint density at radius 3 is 2.61 bits per heavy atom. The predicted molar refractivity (Wildman–Crippen MR) is 84.3 cm³/mol. The van der Waals surface area contributed by atoms with Crippen molar-refractivity contribution in [3.8, 4) is 0 Å². The first-order valence-electron chi connectivity index (χ1n) is 7.72. The molecular formula is C16H19NO5S. The first-order valence-corrected chi connectivity index (χ1v) is 8.60. The molecule has 1 fully saturated rings. The highest BCUT2D eigenvalue weighted by Crippen LogP contribution is 2.54. The van der Waals surface area contributed by atoms with E-state index in [1.54, 1.807) is 13.8 Å². The lowest BCUT2D eigenvalue weighted by molar-refractivity contribution is -0.173. The number of nitrogens with zero attached hydrogens (tertiary/aromatic N) is 1. The number of esters is 2. The maximum absolute atomic E-state index is 12.8. The number of thiophene rings is 1. The van der Waals surface area contributed by atoms with Crippen LogP contribution in [-0.2, 0) is 23.9 Å². The first kappa shape index (κ1) is 16.0. The van der Waals surface area contributed by atoms with Gasteiger partial charge in [-0.1, -0.05) is 11.2 Å². The summed E-state index contributed by atoms with van der Waals surface area (Å²) in [4.78, 5) is 31.7. The van der Waals surface area contributed by atoms with Crippen LogP contribution in [0.15, 0.2) is 22.7 Å². The highest BCUT2D eigenvalue weighted by atomic mass is 32.1. The maximum atomic E-state index is 12.8. The zero-order valence-electron chi connectivity index (χ0n) is 13.1. The molecule has 2 heterocycles. The van der Waals surface area contributed by atoms with Crippen LogP contribution < -0.4 is 0 Å². The van der Waals surface area contributed by atoms with Gasteiger partial charge in [0, 0.05) is 10.8 Å². The number of carbonyl (C=O) groups excluding carboxylic acids is 2. The number of rotatable bonds is 5. The Balaban J connectivity index is 2.11. The van der Waals surface area contributed by atoms with Crippen LogP contribution >= 0.6 is 11.3 Å². The van der Waals surface area contributed by atoms with Crippen molar-refractivity contribution in [1.82, 2.24) is 0 Å². The van der Waals surface area contributed by atoms with Crippen LogP contribution in [0.3, 0.4) is 0 Å². The van der Waals surface area contributed by atoms with Gasteiger partial charge in [-0.05, 0) is 31.7 Å². The maximum Gasteiger partial charge on any atom is 0.324 e. The molecular weight excluding hydrogens is 318 g/mol. The van der Waals surface area contributed by atoms with Crippen LogP contribution in [0, 0.1) is 11.3 Å². The number of hydrogen-bond acceptors (Lipinski definition) is 7. The van der Waals surface area contributed by atoms with Crippen molar-refractivity contribution in [3.05, 3.63) is 22.4 Å². The molecule has 6 nitrogen and oxygen atoms in total. The fraction of sp³-hybridized carbons (Fsp3) is 0.562. The van der Waals surface area contributed by atoms with Crippen LogP contribution in [0.5, 0.6) is 0 Å². The molecule has 0 spiro atoms. The topological polar surface area (TPSA) is 74.2 Å². The fourth-order valence-corrected chi connectivity index (χ4v) is 4.35. The third kappa shape index (κ3) is 2.43. The molecule has 0 unspecified atom stereocenters. The molecule has 0 N–H and O–H groups in total. The molecule has 7 heteroatoms. The van der Waals surface area contributed by atoms with Gasteiger partial charge < -0.3 is 14.3 Å². The molecule has 23 heavy (non-hydrogen) atoms. The van der Waals surface area contributed by atoms with Gasteiger partial charge in [-0.15, -0.1) is 11.3 Å². The molecule has 124 valence electrons. The third-order valence-electron chi connectivity index (χ3n) is 4.33. The Morgan fingerprint density at radius 1 is 1.35 bits per heavy atom. The van der Waals surface area contributed by atoms with E-state index in [4.69, 9.17) is 14.3 Å². The van der Waals surface area contributed by atoms with Crippen molar-refractivity contribution in [2.24, 2.45) is 16.5 Å². The summed E-state index contributed by atoms with van der Waals surface area (Å²) in [5.41, 5.74) is -0.627. The average molecular weight is 337 g/mol. The van der Waals surface area contributed by atoms with Crippen LogP contribution in [0.4, 0.5) is 0 Å². The van der Waals surface area contributed by atoms with Gasteiger partial charge in [-0.25, -0.2) is 0 Å². The second-order valence-electron chi connectivity index (χ2n) is 5.57. The molecule has 2 atom stereocenters. The molecule has 2 aliphatic rings. The van der Waals surface area contributed by atoms with E-state index in [-0.39, 0.29) is 19.1 Å². The highest BCUT2D eigenvalue weighted by molar-refractivity contribution is 7.10. The summed E-state index contributed by atoms with van der Waals surface area (Å²) < 4.78 is 10.5. The normalized spacial score (nSPS) is 24.5. The van der Waals surface area contributed by atoms with Gasteiger partial charge in [0.1, 0.15) is 6.61 Å². The quantitative estimate of drug-likeness (QED) is 0.609. The van der Waals surface area contributed by atoms with Gasteiger partial charge in [-0.2, -0.15) is 0 Å². The summed E-state index contributed by atoms with van der Waals surface area (Å²) in [5.74, 6) is -1.60. The van der Waals surface area contributed by atoms with Gasteiger partial charge in [0.05, 0.1) is 24.8 Å². The van der Waals surface area contributed by atoms with Gasteiger partial charge >= 0.3 is 11.9 Å². The number of hydrogen-bond donors (Lipinski definition) is 0. The summed E-state index contributed by atoms with van der Waals surface area (Å²) in [5, 5.41) is 6.04. The zero-order chi connectivity index (χ0) is 16.4. The molecule has 1 aromatic heterocycles. The number of ether oxygens (including phenoxy) is 2. The molecule has 0 aromatic carbocycles. The number of fused-ring (bicyclic) bond motifs is 1. The van der Waals surface area contributed by atoms with Gasteiger partial charge in [0.25, 0.3) is 0 Å². The summed E-state index contributed by atoms with van der Waals surface area (Å²) in [6.45, 7) is 4.27. The summed E-state index contributed by atoms with van der Waals surface area (Å²) in [6, 6.07) is 3.80. The Labute approximate surface area is 138 Å². The highest BCUT2D eigenvalue weighted by Gasteiger charge is 2.65. The monoisotopic (exact) mass is 337 g/mol. The molecule has 1 aromatic rings. The van der Waals surface area contributed by atoms with Gasteiger partial charge in [0.15, 0.2) is 5.41 Å². The lowest BCUT2D eigenvalue weighted by atomic mass is 9.76. The molecule has 3 rings (SSSR count). The number of carbonyl (C=O) groups is 2. The second-order valence-corrected chi connectivity index (χ2v) is 6.55. The molecule has 1 aliphatic heterocycles. The predicted octanol–water partition coefficient (Wildman–Crippen LogP) is 2.35. The van der Waals surface area contributed by atoms with Crippen LogP contribution in [0.25, 0.3) is 0 Å². The van der Waals surface area contributed by atoms with Crippen molar-refractivity contribution in [3.63, 3.8) is 0 Å². The average Bonchev–Trinajstić information content (AvgIpc) is 3.23. The second kappa shape index (κ2) is 6.31. The standard InChI is InChI=1S/C16H19NO5S/c1-3-20-14(18)16(15(19)21-4-2)8-10-9-22-17-13(10)12(16)11-6-5-7-23-11/h5-7,10,12H,3-4,8-9H2,1-2H3/t10-,12-/m0/s1. The van der Waals surface area contributed by atoms with E-state index in [1.807, 2.05) is 17.5 Å². The minimum atomic E-state index is -1.37. The van der Waals surface area contributed by atoms with E-state index in [0.29, 0.717) is 13.0 Å². The molecule has 0 radical (unpaired) electrons. The molecule has 1 aliphatic carbocycles. The zero-order valence-corrected chi connectivity index (χ0v) is 13.9. The van der Waals surface area contributed by atoms with Crippen LogP contribution in [-0.4, -0.2) is 37.5 Å². The van der Waals surface area contributed by atoms with E-state index < -0.39 is 23.3 Å². The molecule has 0 bridgehead atoms. The van der Waals surface area contributed by atoms with Crippen LogP contribution in [0.1, 0.15) is 31.1 Å². The van der Waals surface area contributed by atoms with Crippen molar-refractivity contribution in [1.29, 1.82) is 0 Å². The smallest absolute Gasteiger partial charge is 0.324 e. The summed E-state index contributed by atoms with van der Waals surface area (Å²) >= 11 is 1.49. The SMILES string of the molecule is CCOC(=O)C1(C(=O)OCC)C[C@H]2CON=C2[C@@H]1c1cccs1. The molecule has 1 saturated carbocycles. The summed E-state index contributed by atoms with van der Waals surface area (Å²) in [6.07, 6.45) is 0.312. The van der Waals surface area contributed by atoms with Crippen LogP contribution in [0.2, 0.25) is 0 Å².